The minimum absolute atomic E-state index is 0.0528. The van der Waals surface area contributed by atoms with E-state index in [0.29, 0.717) is 6.42 Å². The average Bonchev–Trinajstić information content (AvgIpc) is 2.17. The van der Waals surface area contributed by atoms with Crippen LogP contribution in [0.4, 0.5) is 0 Å². The van der Waals surface area contributed by atoms with Gasteiger partial charge in [-0.2, -0.15) is 0 Å². The third-order valence-electron chi connectivity index (χ3n) is 18.1. The monoisotopic (exact) mass is 1370 g/mol. The van der Waals surface area contributed by atoms with Crippen molar-refractivity contribution in [3.63, 3.8) is 0 Å². The number of ether oxygens (including phenoxy) is 2. The smallest absolute Gasteiger partial charge is 0.462 e. The first-order valence-electron chi connectivity index (χ1n) is 41.4. The largest absolute Gasteiger partial charge is 0.472 e. The standard InChI is InChI=1S/C87H156NO8P/c1-3-5-7-9-11-13-15-17-19-21-23-25-27-29-31-33-35-37-39-41-42-44-45-47-49-51-53-55-57-59-61-63-65-67-69-71-73-75-77-79-86(89)93-83-85(84-95-97(91,92)94-82-81-88)96-87(90)80-78-76-74-72-70-68-66-64-62-60-58-56-54-52-50-48-46-43-40-38-36-34-32-30-28-26-24-22-20-18-16-14-12-10-8-6-4-2/h6,8,12,14-15,17-18,20-21,23-24,26-27,29-30,32,36,38,85H,3-5,7,9-11,13,16,19,22,25,28,31,33-35,37,39-84,88H2,1-2H3,(H,91,92)/b8-6-,14-12-,17-15-,20-18-,23-21-,26-24-,29-27-,32-30-,38-36-. The second-order valence-electron chi connectivity index (χ2n) is 27.6. The fraction of sp³-hybridized carbons (Fsp3) is 0.770. The Morgan fingerprint density at radius 2 is 0.567 bits per heavy atom. The Labute approximate surface area is 600 Å². The number of carbonyl (C=O) groups excluding carboxylic acids is 2. The Bertz CT molecular complexity index is 1970. The SMILES string of the molecule is CC/C=C\C/C=C\C/C=C\C/C=C\C/C=C\C/C=C\CCCCCCCCCCCCCCCCCCCCC(=O)OC(COC(=O)CCCCCCCCCCCCCCCCCCCCCCCCCC/C=C\C/C=C\C/C=C\CCCCCCC)COP(=O)(O)OCCN. The third-order valence-corrected chi connectivity index (χ3v) is 19.1. The van der Waals surface area contributed by atoms with Gasteiger partial charge in [0.15, 0.2) is 6.10 Å². The summed E-state index contributed by atoms with van der Waals surface area (Å²) >= 11 is 0. The number of nitrogens with two attached hydrogens (primary N) is 1. The van der Waals surface area contributed by atoms with Crippen molar-refractivity contribution >= 4 is 19.8 Å². The van der Waals surface area contributed by atoms with Crippen molar-refractivity contribution in [2.24, 2.45) is 5.73 Å². The molecule has 0 aliphatic heterocycles. The fourth-order valence-electron chi connectivity index (χ4n) is 12.1. The van der Waals surface area contributed by atoms with Crippen molar-refractivity contribution < 1.29 is 37.6 Å². The minimum Gasteiger partial charge on any atom is -0.462 e. The van der Waals surface area contributed by atoms with Crippen LogP contribution in [0.1, 0.15) is 399 Å². The Kier molecular flexibility index (Phi) is 78.8. The lowest BCUT2D eigenvalue weighted by Gasteiger charge is -2.19. The molecule has 0 aliphatic rings. The highest BCUT2D eigenvalue weighted by Gasteiger charge is 2.26. The molecular weight excluding hydrogens is 1220 g/mol. The molecule has 0 rings (SSSR count). The zero-order valence-corrected chi connectivity index (χ0v) is 64.4. The van der Waals surface area contributed by atoms with E-state index in [1.54, 1.807) is 0 Å². The van der Waals surface area contributed by atoms with E-state index < -0.39 is 26.5 Å². The number of unbranched alkanes of at least 4 members (excludes halogenated alkanes) is 47. The number of hydrogen-bond donors (Lipinski definition) is 2. The first-order chi connectivity index (χ1) is 47.8. The highest BCUT2D eigenvalue weighted by atomic mass is 31.2. The summed E-state index contributed by atoms with van der Waals surface area (Å²) in [5.41, 5.74) is 5.42. The molecule has 0 bridgehead atoms. The summed E-state index contributed by atoms with van der Waals surface area (Å²) in [4.78, 5) is 35.5. The average molecular weight is 1380 g/mol. The number of hydrogen-bond acceptors (Lipinski definition) is 8. The Balaban J connectivity index is 3.77. The first-order valence-corrected chi connectivity index (χ1v) is 42.9. The number of allylic oxidation sites excluding steroid dienone is 18. The topological polar surface area (TPSA) is 134 Å². The number of carbonyl (C=O) groups is 2. The van der Waals surface area contributed by atoms with Crippen LogP contribution >= 0.6 is 7.82 Å². The molecule has 0 heterocycles. The summed E-state index contributed by atoms with van der Waals surface area (Å²) in [6, 6.07) is 0. The van der Waals surface area contributed by atoms with Gasteiger partial charge in [-0.15, -0.1) is 0 Å². The van der Waals surface area contributed by atoms with Gasteiger partial charge in [-0.1, -0.05) is 393 Å². The molecule has 3 N–H and O–H groups in total. The molecule has 0 radical (unpaired) electrons. The maximum absolute atomic E-state index is 12.8. The molecule has 0 amide bonds. The summed E-state index contributed by atoms with van der Waals surface area (Å²) in [6.07, 6.45) is 114. The molecule has 97 heavy (non-hydrogen) atoms. The van der Waals surface area contributed by atoms with Crippen LogP contribution in [0.25, 0.3) is 0 Å². The molecule has 0 fully saturated rings. The molecule has 2 atom stereocenters. The van der Waals surface area contributed by atoms with Crippen molar-refractivity contribution in [2.45, 2.75) is 405 Å². The molecule has 0 aromatic rings. The van der Waals surface area contributed by atoms with Gasteiger partial charge in [-0.3, -0.25) is 18.6 Å². The molecule has 0 saturated carbocycles. The number of phosphoric ester groups is 1. The quantitative estimate of drug-likeness (QED) is 0.0264. The predicted molar refractivity (Wildman–Crippen MR) is 422 cm³/mol. The molecule has 562 valence electrons. The van der Waals surface area contributed by atoms with E-state index in [2.05, 4.69) is 123 Å². The third kappa shape index (κ3) is 81.5. The van der Waals surface area contributed by atoms with Crippen molar-refractivity contribution in [3.8, 4) is 0 Å². The lowest BCUT2D eigenvalue weighted by molar-refractivity contribution is -0.161. The molecule has 0 aromatic carbocycles. The van der Waals surface area contributed by atoms with E-state index in [-0.39, 0.29) is 38.6 Å². The second-order valence-corrected chi connectivity index (χ2v) is 29.1. The molecule has 0 aromatic heterocycles. The van der Waals surface area contributed by atoms with Gasteiger partial charge < -0.3 is 20.1 Å². The lowest BCUT2D eigenvalue weighted by Crippen LogP contribution is -2.29. The summed E-state index contributed by atoms with van der Waals surface area (Å²) in [5.74, 6) is -0.810. The first kappa shape index (κ1) is 93.7. The van der Waals surface area contributed by atoms with Crippen molar-refractivity contribution in [2.75, 3.05) is 26.4 Å². The Hall–Kier alpha value is -3.33. The molecular formula is C87H156NO8P. The van der Waals surface area contributed by atoms with E-state index in [1.807, 2.05) is 0 Å². The maximum Gasteiger partial charge on any atom is 0.472 e. The van der Waals surface area contributed by atoms with Gasteiger partial charge in [-0.05, 0) is 103 Å². The van der Waals surface area contributed by atoms with Crippen LogP contribution < -0.4 is 5.73 Å². The molecule has 9 nitrogen and oxygen atoms in total. The Morgan fingerprint density at radius 3 is 0.845 bits per heavy atom. The highest BCUT2D eigenvalue weighted by molar-refractivity contribution is 7.47. The van der Waals surface area contributed by atoms with Gasteiger partial charge >= 0.3 is 19.8 Å². The predicted octanol–water partition coefficient (Wildman–Crippen LogP) is 28.0. The van der Waals surface area contributed by atoms with Crippen molar-refractivity contribution in [1.82, 2.24) is 0 Å². The molecule has 0 aliphatic carbocycles. The van der Waals surface area contributed by atoms with Crippen LogP contribution in [-0.2, 0) is 32.7 Å². The molecule has 2 unspecified atom stereocenters. The number of esters is 2. The van der Waals surface area contributed by atoms with Gasteiger partial charge in [0, 0.05) is 19.4 Å². The van der Waals surface area contributed by atoms with Crippen LogP contribution in [0, 0.1) is 0 Å². The fourth-order valence-corrected chi connectivity index (χ4v) is 12.8. The summed E-state index contributed by atoms with van der Waals surface area (Å²) < 4.78 is 33.3. The zero-order chi connectivity index (χ0) is 70.0. The van der Waals surface area contributed by atoms with Crippen molar-refractivity contribution in [3.05, 3.63) is 109 Å². The van der Waals surface area contributed by atoms with Crippen LogP contribution in [-0.4, -0.2) is 49.3 Å². The van der Waals surface area contributed by atoms with Crippen LogP contribution in [0.5, 0.6) is 0 Å². The molecule has 10 heteroatoms. The molecule has 0 spiro atoms. The van der Waals surface area contributed by atoms with E-state index >= 15 is 0 Å². The summed E-state index contributed by atoms with van der Waals surface area (Å²) in [5, 5.41) is 0. The number of rotatable bonds is 78. The van der Waals surface area contributed by atoms with Crippen molar-refractivity contribution in [1.29, 1.82) is 0 Å². The minimum atomic E-state index is -4.40. The van der Waals surface area contributed by atoms with E-state index in [4.69, 9.17) is 24.3 Å². The van der Waals surface area contributed by atoms with E-state index in [0.717, 1.165) is 89.9 Å². The van der Waals surface area contributed by atoms with Crippen LogP contribution in [0.2, 0.25) is 0 Å². The lowest BCUT2D eigenvalue weighted by atomic mass is 10.0. The normalized spacial score (nSPS) is 13.4. The van der Waals surface area contributed by atoms with Gasteiger partial charge in [0.2, 0.25) is 0 Å². The van der Waals surface area contributed by atoms with E-state index in [9.17, 15) is 19.0 Å². The van der Waals surface area contributed by atoms with E-state index in [1.165, 1.54) is 276 Å². The van der Waals surface area contributed by atoms with Gasteiger partial charge in [0.1, 0.15) is 6.61 Å². The highest BCUT2D eigenvalue weighted by Crippen LogP contribution is 2.43. The molecule has 0 saturated heterocycles. The Morgan fingerprint density at radius 1 is 0.320 bits per heavy atom. The van der Waals surface area contributed by atoms with Gasteiger partial charge in [0.05, 0.1) is 13.2 Å². The van der Waals surface area contributed by atoms with Gasteiger partial charge in [0.25, 0.3) is 0 Å². The zero-order valence-electron chi connectivity index (χ0n) is 63.6. The van der Waals surface area contributed by atoms with Crippen LogP contribution in [0.15, 0.2) is 109 Å². The van der Waals surface area contributed by atoms with Crippen LogP contribution in [0.3, 0.4) is 0 Å². The summed E-state index contributed by atoms with van der Waals surface area (Å²) in [6.45, 7) is 3.67. The van der Waals surface area contributed by atoms with Gasteiger partial charge in [-0.25, -0.2) is 4.57 Å². The second kappa shape index (κ2) is 81.6. The number of phosphoric acid groups is 1. The maximum atomic E-state index is 12.8. The summed E-state index contributed by atoms with van der Waals surface area (Å²) in [7, 11) is -4.40.